The number of benzene rings is 1. The van der Waals surface area contributed by atoms with E-state index < -0.39 is 6.04 Å². The lowest BCUT2D eigenvalue weighted by molar-refractivity contribution is -0.125. The molecule has 0 spiro atoms. The van der Waals surface area contributed by atoms with Gasteiger partial charge in [-0.25, -0.2) is 4.79 Å². The van der Waals surface area contributed by atoms with Crippen LogP contribution in [-0.4, -0.2) is 36.5 Å². The van der Waals surface area contributed by atoms with Crippen LogP contribution >= 0.6 is 0 Å². The number of piperidine rings is 1. The first-order valence-corrected chi connectivity index (χ1v) is 6.76. The minimum atomic E-state index is -0.394. The Bertz CT molecular complexity index is 504. The summed E-state index contributed by atoms with van der Waals surface area (Å²) in [5.41, 5.74) is 6.90. The predicted octanol–water partition coefficient (Wildman–Crippen LogP) is 1.40. The molecule has 1 aromatic rings. The zero-order valence-electron chi connectivity index (χ0n) is 11.6. The summed E-state index contributed by atoms with van der Waals surface area (Å²) in [4.78, 5) is 25.7. The van der Waals surface area contributed by atoms with E-state index in [1.807, 2.05) is 0 Å². The maximum Gasteiger partial charge on any atom is 0.322 e. The van der Waals surface area contributed by atoms with Crippen LogP contribution in [0.25, 0.3) is 0 Å². The Hall–Kier alpha value is -2.24. The van der Waals surface area contributed by atoms with Crippen LogP contribution in [0.1, 0.15) is 19.3 Å². The third-order valence-corrected chi connectivity index (χ3v) is 3.45. The fraction of sp³-hybridized carbons (Fsp3) is 0.429. The summed E-state index contributed by atoms with van der Waals surface area (Å²) >= 11 is 0. The van der Waals surface area contributed by atoms with Crippen molar-refractivity contribution in [1.29, 1.82) is 0 Å². The van der Waals surface area contributed by atoms with Crippen molar-refractivity contribution in [2.75, 3.05) is 24.6 Å². The second-order valence-electron chi connectivity index (χ2n) is 4.87. The fourth-order valence-corrected chi connectivity index (χ4v) is 2.43. The van der Waals surface area contributed by atoms with Crippen LogP contribution in [0.4, 0.5) is 16.2 Å². The van der Waals surface area contributed by atoms with Gasteiger partial charge in [0, 0.05) is 25.0 Å². The lowest BCUT2D eigenvalue weighted by Crippen LogP contribution is -2.52. The molecule has 2 rings (SSSR count). The molecule has 1 aromatic carbocycles. The van der Waals surface area contributed by atoms with E-state index >= 15 is 0 Å². The lowest BCUT2D eigenvalue weighted by atomic mass is 10.0. The Kier molecular flexibility index (Phi) is 4.45. The van der Waals surface area contributed by atoms with E-state index in [1.54, 1.807) is 36.2 Å². The number of likely N-dealkylation sites (tertiary alicyclic amines) is 1. The Morgan fingerprint density at radius 1 is 1.35 bits per heavy atom. The molecule has 1 atom stereocenters. The Morgan fingerprint density at radius 2 is 2.15 bits per heavy atom. The van der Waals surface area contributed by atoms with E-state index in [0.717, 1.165) is 12.8 Å². The van der Waals surface area contributed by atoms with Crippen molar-refractivity contribution in [3.63, 3.8) is 0 Å². The number of nitrogens with two attached hydrogens (primary N) is 1. The van der Waals surface area contributed by atoms with E-state index in [1.165, 1.54) is 0 Å². The van der Waals surface area contributed by atoms with Gasteiger partial charge in [-0.2, -0.15) is 0 Å². The molecule has 1 aliphatic rings. The highest BCUT2D eigenvalue weighted by Crippen LogP contribution is 2.19. The van der Waals surface area contributed by atoms with Gasteiger partial charge in [-0.05, 0) is 37.5 Å². The van der Waals surface area contributed by atoms with Gasteiger partial charge in [0.2, 0.25) is 5.91 Å². The van der Waals surface area contributed by atoms with E-state index in [-0.39, 0.29) is 11.9 Å². The summed E-state index contributed by atoms with van der Waals surface area (Å²) in [6.45, 7) is 0.590. The van der Waals surface area contributed by atoms with Crippen LogP contribution in [0.15, 0.2) is 24.3 Å². The average Bonchev–Trinajstić information content (AvgIpc) is 2.46. The SMILES string of the molecule is CNC(=O)C1CCCCN1C(=O)Nc1cccc(N)c1. The molecule has 1 heterocycles. The van der Waals surface area contributed by atoms with E-state index in [0.29, 0.717) is 24.3 Å². The molecular formula is C14H20N4O2. The monoisotopic (exact) mass is 276 g/mol. The molecule has 20 heavy (non-hydrogen) atoms. The van der Waals surface area contributed by atoms with Crippen LogP contribution in [0, 0.1) is 0 Å². The minimum Gasteiger partial charge on any atom is -0.399 e. The normalized spacial score (nSPS) is 18.4. The van der Waals surface area contributed by atoms with Crippen molar-refractivity contribution in [3.8, 4) is 0 Å². The molecule has 0 radical (unpaired) electrons. The minimum absolute atomic E-state index is 0.118. The third kappa shape index (κ3) is 3.20. The topological polar surface area (TPSA) is 87.5 Å². The highest BCUT2D eigenvalue weighted by Gasteiger charge is 2.31. The van der Waals surface area contributed by atoms with Crippen LogP contribution < -0.4 is 16.4 Å². The highest BCUT2D eigenvalue weighted by atomic mass is 16.2. The van der Waals surface area contributed by atoms with Gasteiger partial charge in [0.15, 0.2) is 0 Å². The first-order chi connectivity index (χ1) is 9.61. The van der Waals surface area contributed by atoms with Crippen molar-refractivity contribution >= 4 is 23.3 Å². The summed E-state index contributed by atoms with van der Waals surface area (Å²) in [6, 6.07) is 6.34. The number of carbonyl (C=O) groups excluding carboxylic acids is 2. The van der Waals surface area contributed by atoms with Crippen molar-refractivity contribution in [2.45, 2.75) is 25.3 Å². The first kappa shape index (κ1) is 14.2. The van der Waals surface area contributed by atoms with Gasteiger partial charge in [-0.3, -0.25) is 4.79 Å². The average molecular weight is 276 g/mol. The number of carbonyl (C=O) groups is 2. The number of nitrogens with zero attached hydrogens (tertiary/aromatic N) is 1. The predicted molar refractivity (Wildman–Crippen MR) is 78.3 cm³/mol. The maximum atomic E-state index is 12.3. The van der Waals surface area contributed by atoms with E-state index in [2.05, 4.69) is 10.6 Å². The Balaban J connectivity index is 2.08. The van der Waals surface area contributed by atoms with Gasteiger partial charge in [0.1, 0.15) is 6.04 Å². The molecule has 1 fully saturated rings. The standard InChI is InChI=1S/C14H20N4O2/c1-16-13(19)12-7-2-3-8-18(12)14(20)17-11-6-4-5-10(15)9-11/h4-6,9,12H,2-3,7-8,15H2,1H3,(H,16,19)(H,17,20). The van der Waals surface area contributed by atoms with Gasteiger partial charge in [0.05, 0.1) is 0 Å². The lowest BCUT2D eigenvalue weighted by Gasteiger charge is -2.34. The second-order valence-corrected chi connectivity index (χ2v) is 4.87. The molecule has 0 saturated carbocycles. The molecule has 0 aromatic heterocycles. The van der Waals surface area contributed by atoms with Crippen molar-refractivity contribution in [1.82, 2.24) is 10.2 Å². The quantitative estimate of drug-likeness (QED) is 0.713. The number of anilines is 2. The van der Waals surface area contributed by atoms with Crippen molar-refractivity contribution in [3.05, 3.63) is 24.3 Å². The molecule has 1 aliphatic heterocycles. The molecule has 6 heteroatoms. The third-order valence-electron chi connectivity index (χ3n) is 3.45. The summed E-state index contributed by atoms with van der Waals surface area (Å²) in [5.74, 6) is -0.118. The van der Waals surface area contributed by atoms with Gasteiger partial charge in [0.25, 0.3) is 0 Å². The molecule has 6 nitrogen and oxygen atoms in total. The summed E-state index contributed by atoms with van der Waals surface area (Å²) < 4.78 is 0. The molecule has 4 N–H and O–H groups in total. The van der Waals surface area contributed by atoms with Crippen molar-refractivity contribution < 1.29 is 9.59 Å². The largest absolute Gasteiger partial charge is 0.399 e. The van der Waals surface area contributed by atoms with Crippen molar-refractivity contribution in [2.24, 2.45) is 0 Å². The van der Waals surface area contributed by atoms with Crippen LogP contribution in [0.3, 0.4) is 0 Å². The Morgan fingerprint density at radius 3 is 2.85 bits per heavy atom. The van der Waals surface area contributed by atoms with E-state index in [9.17, 15) is 9.59 Å². The van der Waals surface area contributed by atoms with Crippen LogP contribution in [0.2, 0.25) is 0 Å². The van der Waals surface area contributed by atoms with E-state index in [4.69, 9.17) is 5.73 Å². The fourth-order valence-electron chi connectivity index (χ4n) is 2.43. The number of nitrogen functional groups attached to an aromatic ring is 1. The summed E-state index contributed by atoms with van der Waals surface area (Å²) in [5, 5.41) is 5.40. The Labute approximate surface area is 118 Å². The highest BCUT2D eigenvalue weighted by molar-refractivity contribution is 5.94. The summed E-state index contributed by atoms with van der Waals surface area (Å²) in [7, 11) is 1.59. The van der Waals surface area contributed by atoms with Crippen LogP contribution in [0.5, 0.6) is 0 Å². The zero-order valence-corrected chi connectivity index (χ0v) is 11.6. The zero-order chi connectivity index (χ0) is 14.5. The molecule has 1 saturated heterocycles. The molecule has 0 aliphatic carbocycles. The number of hydrogen-bond donors (Lipinski definition) is 3. The molecule has 0 bridgehead atoms. The maximum absolute atomic E-state index is 12.3. The number of nitrogens with one attached hydrogen (secondary N) is 2. The number of urea groups is 1. The molecule has 3 amide bonds. The second kappa shape index (κ2) is 6.27. The first-order valence-electron chi connectivity index (χ1n) is 6.76. The number of amides is 3. The van der Waals surface area contributed by atoms with Crippen LogP contribution in [-0.2, 0) is 4.79 Å². The molecular weight excluding hydrogens is 256 g/mol. The number of likely N-dealkylation sites (N-methyl/N-ethyl adjacent to an activating group) is 1. The summed E-state index contributed by atoms with van der Waals surface area (Å²) in [6.07, 6.45) is 2.57. The van der Waals surface area contributed by atoms with Gasteiger partial charge in [-0.15, -0.1) is 0 Å². The smallest absolute Gasteiger partial charge is 0.322 e. The molecule has 108 valence electrons. The van der Waals surface area contributed by atoms with Gasteiger partial charge < -0.3 is 21.3 Å². The van der Waals surface area contributed by atoms with Gasteiger partial charge >= 0.3 is 6.03 Å². The number of rotatable bonds is 2. The molecule has 1 unspecified atom stereocenters. The van der Waals surface area contributed by atoms with Gasteiger partial charge in [-0.1, -0.05) is 6.07 Å². The number of hydrogen-bond acceptors (Lipinski definition) is 3.